The Kier molecular flexibility index (Phi) is 7.60. The maximum Gasteiger partial charge on any atom is 0.255 e. The van der Waals surface area contributed by atoms with Crippen molar-refractivity contribution in [3.8, 4) is 0 Å². The van der Waals surface area contributed by atoms with E-state index in [9.17, 15) is 14.4 Å². The van der Waals surface area contributed by atoms with Gasteiger partial charge in [0.2, 0.25) is 11.8 Å². The normalized spacial score (nSPS) is 31.8. The topological polar surface area (TPSA) is 69.7 Å². The highest BCUT2D eigenvalue weighted by molar-refractivity contribution is 7.99. The molecule has 7 heteroatoms. The molecule has 0 spiro atoms. The van der Waals surface area contributed by atoms with Crippen molar-refractivity contribution in [1.29, 1.82) is 0 Å². The van der Waals surface area contributed by atoms with Crippen molar-refractivity contribution >= 4 is 29.5 Å². The van der Waals surface area contributed by atoms with Gasteiger partial charge in [0, 0.05) is 29.0 Å². The van der Waals surface area contributed by atoms with Crippen molar-refractivity contribution in [2.75, 3.05) is 19.3 Å². The van der Waals surface area contributed by atoms with Crippen molar-refractivity contribution in [3.05, 3.63) is 29.3 Å². The quantitative estimate of drug-likeness (QED) is 0.233. The Labute approximate surface area is 231 Å². The number of fused-ring (bicyclic) bond motifs is 1. The van der Waals surface area contributed by atoms with Gasteiger partial charge in [-0.1, -0.05) is 25.3 Å². The number of hydrogen-bond acceptors (Lipinski definition) is 5. The molecule has 5 fully saturated rings. The maximum atomic E-state index is 13.0. The molecule has 206 valence electrons. The van der Waals surface area contributed by atoms with Crippen molar-refractivity contribution < 1.29 is 14.4 Å². The van der Waals surface area contributed by atoms with E-state index >= 15 is 0 Å². The van der Waals surface area contributed by atoms with Crippen LogP contribution in [0.1, 0.15) is 99.4 Å². The highest BCUT2D eigenvalue weighted by Gasteiger charge is 2.52. The fourth-order valence-electron chi connectivity index (χ4n) is 8.63. The average molecular weight is 538 g/mol. The molecule has 7 rings (SSSR count). The highest BCUT2D eigenvalue weighted by Crippen LogP contribution is 2.57. The van der Waals surface area contributed by atoms with Gasteiger partial charge in [0.1, 0.15) is 6.04 Å². The van der Waals surface area contributed by atoms with Gasteiger partial charge in [-0.2, -0.15) is 0 Å². The van der Waals surface area contributed by atoms with Crippen LogP contribution in [0, 0.1) is 17.8 Å². The first-order valence-electron chi connectivity index (χ1n) is 15.0. The van der Waals surface area contributed by atoms with E-state index in [0.29, 0.717) is 24.1 Å². The summed E-state index contributed by atoms with van der Waals surface area (Å²) in [4.78, 5) is 42.5. The zero-order valence-electron chi connectivity index (χ0n) is 22.9. The third-order valence-electron chi connectivity index (χ3n) is 10.3. The summed E-state index contributed by atoms with van der Waals surface area (Å²) in [5.74, 6) is 3.43. The summed E-state index contributed by atoms with van der Waals surface area (Å²) in [5, 5.41) is 2.39. The van der Waals surface area contributed by atoms with Crippen LogP contribution in [-0.4, -0.2) is 58.4 Å². The van der Waals surface area contributed by atoms with Gasteiger partial charge in [-0.25, -0.2) is 0 Å². The maximum absolute atomic E-state index is 13.0. The van der Waals surface area contributed by atoms with Gasteiger partial charge in [-0.3, -0.25) is 19.7 Å². The van der Waals surface area contributed by atoms with E-state index in [1.54, 1.807) is 4.90 Å². The van der Waals surface area contributed by atoms with Gasteiger partial charge >= 0.3 is 0 Å². The van der Waals surface area contributed by atoms with Gasteiger partial charge < -0.3 is 9.80 Å². The molecule has 4 aliphatic carbocycles. The van der Waals surface area contributed by atoms with E-state index < -0.39 is 6.04 Å². The third-order valence-corrected chi connectivity index (χ3v) is 11.4. The van der Waals surface area contributed by atoms with E-state index in [4.69, 9.17) is 0 Å². The number of imide groups is 1. The van der Waals surface area contributed by atoms with Crippen LogP contribution in [0.3, 0.4) is 0 Å². The second-order valence-electron chi connectivity index (χ2n) is 12.9. The number of amides is 3. The standard InChI is InChI=1S/C31H43N3O3S/c1-33(31-17-21-14-22(18-31)16-23(15-21)19-31)12-5-3-2-4-6-13-38-27-9-7-8-24-25(27)20-34(30(24)37)26-10-11-28(35)32-29(26)36/h7-9,21-23,26H,2-6,10-20H2,1H3,(H,32,35,36). The minimum atomic E-state index is -0.549. The van der Waals surface area contributed by atoms with Crippen LogP contribution in [0.25, 0.3) is 0 Å². The molecular formula is C31H43N3O3S. The van der Waals surface area contributed by atoms with Crippen LogP contribution in [0.2, 0.25) is 0 Å². The molecule has 6 aliphatic rings. The molecule has 6 nitrogen and oxygen atoms in total. The molecular weight excluding hydrogens is 494 g/mol. The third kappa shape index (κ3) is 5.17. The fourth-order valence-corrected chi connectivity index (χ4v) is 9.72. The second-order valence-corrected chi connectivity index (χ2v) is 14.0. The highest BCUT2D eigenvalue weighted by atomic mass is 32.2. The Bertz CT molecular complexity index is 1050. The first-order valence-corrected chi connectivity index (χ1v) is 16.0. The van der Waals surface area contributed by atoms with Gasteiger partial charge in [-0.15, -0.1) is 11.8 Å². The van der Waals surface area contributed by atoms with Gasteiger partial charge in [0.15, 0.2) is 0 Å². The average Bonchev–Trinajstić information content (AvgIpc) is 3.21. The first kappa shape index (κ1) is 26.4. The molecule has 0 radical (unpaired) electrons. The number of piperidine rings is 1. The number of carbonyl (C=O) groups is 3. The molecule has 1 aromatic carbocycles. The number of nitrogens with zero attached hydrogens (tertiary/aromatic N) is 2. The molecule has 1 aromatic rings. The van der Waals surface area contributed by atoms with Gasteiger partial charge in [-0.05, 0) is 113 Å². The Morgan fingerprint density at radius 1 is 0.974 bits per heavy atom. The molecule has 4 bridgehead atoms. The van der Waals surface area contributed by atoms with Gasteiger partial charge in [0.05, 0.1) is 0 Å². The number of rotatable bonds is 11. The summed E-state index contributed by atoms with van der Waals surface area (Å²) in [6, 6.07) is 5.37. The van der Waals surface area contributed by atoms with E-state index in [2.05, 4.69) is 23.3 Å². The zero-order valence-corrected chi connectivity index (χ0v) is 23.7. The lowest BCUT2D eigenvalue weighted by Crippen LogP contribution is -2.58. The molecule has 1 saturated heterocycles. The summed E-state index contributed by atoms with van der Waals surface area (Å²) in [6.07, 6.45) is 16.0. The Morgan fingerprint density at radius 2 is 1.66 bits per heavy atom. The summed E-state index contributed by atoms with van der Waals surface area (Å²) in [6.45, 7) is 1.72. The monoisotopic (exact) mass is 537 g/mol. The smallest absolute Gasteiger partial charge is 0.255 e. The largest absolute Gasteiger partial charge is 0.322 e. The zero-order chi connectivity index (χ0) is 26.3. The first-order chi connectivity index (χ1) is 18.4. The lowest BCUT2D eigenvalue weighted by Gasteiger charge is -2.60. The van der Waals surface area contributed by atoms with Crippen LogP contribution in [0.4, 0.5) is 0 Å². The molecule has 2 heterocycles. The lowest BCUT2D eigenvalue weighted by atomic mass is 9.52. The molecule has 1 N–H and O–H groups in total. The molecule has 4 saturated carbocycles. The minimum absolute atomic E-state index is 0.0875. The number of benzene rings is 1. The van der Waals surface area contributed by atoms with Crippen molar-refractivity contribution in [2.45, 2.75) is 106 Å². The second kappa shape index (κ2) is 11.0. The number of hydrogen-bond donors (Lipinski definition) is 1. The molecule has 3 amide bonds. The van der Waals surface area contributed by atoms with E-state index in [-0.39, 0.29) is 24.1 Å². The van der Waals surface area contributed by atoms with Crippen LogP contribution >= 0.6 is 11.8 Å². The SMILES string of the molecule is CN(CCCCCCCSc1cccc2c1CN(C1CCC(=O)NC1=O)C2=O)C12CC3CC(CC(C3)C1)C2. The van der Waals surface area contributed by atoms with E-state index in [1.807, 2.05) is 23.9 Å². The number of nitrogens with one attached hydrogen (secondary N) is 1. The van der Waals surface area contributed by atoms with Crippen LogP contribution in [-0.2, 0) is 16.1 Å². The summed E-state index contributed by atoms with van der Waals surface area (Å²) < 4.78 is 0. The Morgan fingerprint density at radius 3 is 2.37 bits per heavy atom. The predicted octanol–water partition coefficient (Wildman–Crippen LogP) is 5.39. The summed E-state index contributed by atoms with van der Waals surface area (Å²) in [7, 11) is 2.41. The molecule has 1 unspecified atom stereocenters. The van der Waals surface area contributed by atoms with Crippen molar-refractivity contribution in [3.63, 3.8) is 0 Å². The lowest BCUT2D eigenvalue weighted by molar-refractivity contribution is -0.136. The van der Waals surface area contributed by atoms with Gasteiger partial charge in [0.25, 0.3) is 5.91 Å². The van der Waals surface area contributed by atoms with Crippen molar-refractivity contribution in [1.82, 2.24) is 15.1 Å². The van der Waals surface area contributed by atoms with Crippen molar-refractivity contribution in [2.24, 2.45) is 17.8 Å². The summed E-state index contributed by atoms with van der Waals surface area (Å²) in [5.41, 5.74) is 2.29. The molecule has 38 heavy (non-hydrogen) atoms. The predicted molar refractivity (Wildman–Crippen MR) is 150 cm³/mol. The van der Waals surface area contributed by atoms with Crippen LogP contribution in [0.5, 0.6) is 0 Å². The number of thioether (sulfide) groups is 1. The number of unbranched alkanes of at least 4 members (excludes halogenated alkanes) is 4. The Balaban J connectivity index is 0.909. The minimum Gasteiger partial charge on any atom is -0.322 e. The fraction of sp³-hybridized carbons (Fsp3) is 0.710. The van der Waals surface area contributed by atoms with Crippen LogP contribution in [0.15, 0.2) is 23.1 Å². The van der Waals surface area contributed by atoms with E-state index in [1.165, 1.54) is 77.2 Å². The molecule has 1 atom stereocenters. The van der Waals surface area contributed by atoms with Crippen LogP contribution < -0.4 is 5.32 Å². The Hall–Kier alpha value is -1.86. The number of carbonyl (C=O) groups excluding carboxylic acids is 3. The summed E-state index contributed by atoms with van der Waals surface area (Å²) >= 11 is 1.84. The van der Waals surface area contributed by atoms with E-state index in [0.717, 1.165) is 34.0 Å². The molecule has 2 aliphatic heterocycles. The molecule has 0 aromatic heterocycles.